The van der Waals surface area contributed by atoms with Gasteiger partial charge in [-0.15, -0.1) is 0 Å². The molecule has 462 valence electrons. The first-order valence-corrected chi connectivity index (χ1v) is 29.9. The van der Waals surface area contributed by atoms with E-state index in [0.717, 1.165) is 38.9 Å². The fourth-order valence-corrected chi connectivity index (χ4v) is 9.04. The van der Waals surface area contributed by atoms with E-state index in [0.29, 0.717) is 55.2 Å². The van der Waals surface area contributed by atoms with Gasteiger partial charge in [0.1, 0.15) is 54.4 Å². The monoisotopic (exact) mass is 1300 g/mol. The maximum Gasteiger partial charge on any atom is 0.251 e. The summed E-state index contributed by atoms with van der Waals surface area (Å²) in [5.74, 6) is -2.97. The van der Waals surface area contributed by atoms with Crippen molar-refractivity contribution in [2.75, 3.05) is 48.4 Å². The number of carbonyl (C=O) groups excluding carboxylic acids is 6. The minimum atomic E-state index is -0.892. The fraction of sp³-hybridized carbons (Fsp3) is 0.238. The molecule has 6 aromatic rings. The number of hydrazine groups is 6. The molecule has 6 N–H and O–H groups in total. The molecule has 0 saturated heterocycles. The number of hydrogen-bond donors (Lipinski definition) is 6. The smallest absolute Gasteiger partial charge is 0.251 e. The second kappa shape index (κ2) is 37.1. The first-order chi connectivity index (χ1) is 42.0. The Morgan fingerprint density at radius 1 is 0.375 bits per heavy atom. The Morgan fingerprint density at radius 2 is 0.636 bits per heavy atom. The highest BCUT2D eigenvalue weighted by atomic mass is 32.1. The number of ether oxygens (including phenoxy) is 1. The van der Waals surface area contributed by atoms with Crippen molar-refractivity contribution in [3.05, 3.63) is 209 Å². The summed E-state index contributed by atoms with van der Waals surface area (Å²) in [6.07, 6.45) is -0.395. The molecular weight excluding hydrogens is 1230 g/mol. The summed E-state index contributed by atoms with van der Waals surface area (Å²) in [4.78, 5) is 77.2. The summed E-state index contributed by atoms with van der Waals surface area (Å²) in [7, 11) is 8.11. The molecule has 6 amide bonds. The van der Waals surface area contributed by atoms with Crippen LogP contribution in [0.15, 0.2) is 170 Å². The van der Waals surface area contributed by atoms with Gasteiger partial charge in [0.2, 0.25) is 23.6 Å². The Balaban J connectivity index is 0.000000282. The van der Waals surface area contributed by atoms with Gasteiger partial charge in [0, 0.05) is 74.7 Å². The van der Waals surface area contributed by atoms with E-state index in [2.05, 4.69) is 32.6 Å². The highest BCUT2D eigenvalue weighted by Gasteiger charge is 2.28. The molecule has 0 aliphatic heterocycles. The summed E-state index contributed by atoms with van der Waals surface area (Å²) in [5, 5.41) is 8.80. The van der Waals surface area contributed by atoms with Gasteiger partial charge >= 0.3 is 0 Å². The third-order valence-corrected chi connectivity index (χ3v) is 15.4. The van der Waals surface area contributed by atoms with E-state index in [1.165, 1.54) is 20.0 Å². The third kappa shape index (κ3) is 23.2. The Hall–Kier alpha value is -8.72. The molecule has 0 aromatic heterocycles. The molecule has 0 radical (unpaired) electrons. The molecule has 0 heterocycles. The number of carbonyl (C=O) groups is 6. The number of thiocarbonyl (C=S) groups is 6. The fourth-order valence-electron chi connectivity index (χ4n) is 7.69. The molecule has 25 heteroatoms. The average Bonchev–Trinajstić information content (AvgIpc) is 3.73. The van der Waals surface area contributed by atoms with E-state index in [1.807, 2.05) is 166 Å². The van der Waals surface area contributed by atoms with Gasteiger partial charge in [0.15, 0.2) is 0 Å². The highest BCUT2D eigenvalue weighted by molar-refractivity contribution is 7.81. The zero-order chi connectivity index (χ0) is 64.9. The maximum atomic E-state index is 12.7. The maximum absolute atomic E-state index is 12.7. The zero-order valence-electron chi connectivity index (χ0n) is 50.3. The number of amides is 6. The van der Waals surface area contributed by atoms with Crippen LogP contribution >= 0.6 is 73.3 Å². The summed E-state index contributed by atoms with van der Waals surface area (Å²) < 4.78 is 5.12. The third-order valence-electron chi connectivity index (χ3n) is 12.4. The van der Waals surface area contributed by atoms with Crippen LogP contribution in [-0.4, -0.2) is 144 Å². The number of rotatable bonds is 16. The summed E-state index contributed by atoms with van der Waals surface area (Å²) in [6, 6.07) is 52.2. The summed E-state index contributed by atoms with van der Waals surface area (Å²) in [6.45, 7) is 8.43. The Morgan fingerprint density at radius 3 is 0.920 bits per heavy atom. The standard InChI is InChI=1S/C21H24N4O3S2.2C21H24N4O2S2/c1-14-5-7-15(8-6-14)20(29)24(2)22-18(26)13-19(27)23-25(3)21(30)16-9-11-17(28-4)12-10-16;1-4-17(18(26)22-24(2)20(28)15-11-7-5-8-12-15)19(27)23-25(3)21(29)16-13-9-6-10-14-16;1-3-24(20(28)16-11-7-5-8-12-16)22-18(26)15-19(27)23-25(4-2)21(29)17-13-9-6-10-14-17/h5-12H,13H2,1-4H3,(H,22,26)(H,23,27);5-14,17H,4H2,1-3H3,(H,22,26)(H,23,27);5-14H,3-4,15H2,1-2H3,(H,22,26)(H,23,27). The van der Waals surface area contributed by atoms with Gasteiger partial charge in [0.05, 0.1) is 7.11 Å². The second-order valence-corrected chi connectivity index (χ2v) is 21.3. The molecule has 0 atom stereocenters. The summed E-state index contributed by atoms with van der Waals surface area (Å²) >= 11 is 32.4. The molecule has 0 aliphatic rings. The van der Waals surface area contributed by atoms with E-state index < -0.39 is 41.4 Å². The van der Waals surface area contributed by atoms with E-state index >= 15 is 0 Å². The minimum Gasteiger partial charge on any atom is -0.497 e. The number of nitrogens with zero attached hydrogens (tertiary/aromatic N) is 6. The molecule has 6 aromatic carbocycles. The van der Waals surface area contributed by atoms with Crippen LogP contribution in [0.2, 0.25) is 0 Å². The summed E-state index contributed by atoms with van der Waals surface area (Å²) in [5.41, 5.74) is 21.8. The lowest BCUT2D eigenvalue weighted by Crippen LogP contribution is -2.52. The number of methoxy groups -OCH3 is 1. The van der Waals surface area contributed by atoms with Gasteiger partial charge in [-0.2, -0.15) is 0 Å². The SMILES string of the molecule is CCC(C(=O)NN(C)C(=S)c1ccccc1)C(=O)NN(C)C(=S)c1ccccc1.CCN(NC(=O)CC(=O)NN(CC)C(=S)c1ccccc1)C(=S)c1ccccc1.COc1ccc(C(=S)N(C)NC(=O)CC(=O)NN(C)C(=S)c2ccc(C)cc2)cc1. The molecule has 0 saturated carbocycles. The predicted octanol–water partition coefficient (Wildman–Crippen LogP) is 7.90. The number of benzene rings is 6. The molecule has 0 aliphatic carbocycles. The number of nitrogens with one attached hydrogen (secondary N) is 6. The molecule has 0 spiro atoms. The van der Waals surface area contributed by atoms with Crippen molar-refractivity contribution >= 4 is 139 Å². The first-order valence-electron chi connectivity index (χ1n) is 27.5. The Bertz CT molecular complexity index is 3230. The highest BCUT2D eigenvalue weighted by Crippen LogP contribution is 2.14. The largest absolute Gasteiger partial charge is 0.497 e. The van der Waals surface area contributed by atoms with Crippen molar-refractivity contribution in [3.63, 3.8) is 0 Å². The van der Waals surface area contributed by atoms with Crippen LogP contribution in [-0.2, 0) is 28.8 Å². The van der Waals surface area contributed by atoms with Crippen LogP contribution in [0, 0.1) is 12.8 Å². The van der Waals surface area contributed by atoms with Crippen LogP contribution in [0.4, 0.5) is 0 Å². The normalized spacial score (nSPS) is 10.1. The lowest BCUT2D eigenvalue weighted by molar-refractivity contribution is -0.139. The van der Waals surface area contributed by atoms with Gasteiger partial charge in [-0.3, -0.25) is 91.4 Å². The quantitative estimate of drug-likeness (QED) is 0.0310. The molecule has 0 fully saturated rings. The lowest BCUT2D eigenvalue weighted by Gasteiger charge is -2.26. The molecular formula is C63H72N12O7S6. The number of hydrogen-bond acceptors (Lipinski definition) is 13. The van der Waals surface area contributed by atoms with Gasteiger partial charge in [-0.25, -0.2) is 0 Å². The van der Waals surface area contributed by atoms with Gasteiger partial charge in [0.25, 0.3) is 11.8 Å². The minimum absolute atomic E-state index is 0.329. The molecule has 6 rings (SSSR count). The molecule has 88 heavy (non-hydrogen) atoms. The molecule has 19 nitrogen and oxygen atoms in total. The van der Waals surface area contributed by atoms with E-state index in [4.69, 9.17) is 78.0 Å². The van der Waals surface area contributed by atoms with E-state index in [9.17, 15) is 28.8 Å². The predicted molar refractivity (Wildman–Crippen MR) is 368 cm³/mol. The Kier molecular flexibility index (Phi) is 30.2. The first kappa shape index (κ1) is 71.8. The van der Waals surface area contributed by atoms with E-state index in [1.54, 1.807) is 76.5 Å². The van der Waals surface area contributed by atoms with Crippen LogP contribution in [0.5, 0.6) is 5.75 Å². The lowest BCUT2D eigenvalue weighted by atomic mass is 10.1. The van der Waals surface area contributed by atoms with Crippen molar-refractivity contribution in [1.82, 2.24) is 62.6 Å². The molecule has 0 unspecified atom stereocenters. The van der Waals surface area contributed by atoms with Gasteiger partial charge in [-0.05, 0) is 51.5 Å². The second-order valence-electron chi connectivity index (χ2n) is 19.0. The van der Waals surface area contributed by atoms with Crippen molar-refractivity contribution in [2.45, 2.75) is 47.0 Å². The Labute approximate surface area is 546 Å². The average molecular weight is 1300 g/mol. The zero-order valence-corrected chi connectivity index (χ0v) is 55.2. The van der Waals surface area contributed by atoms with Crippen molar-refractivity contribution in [2.24, 2.45) is 5.92 Å². The van der Waals surface area contributed by atoms with Crippen molar-refractivity contribution in [3.8, 4) is 5.75 Å². The molecule has 0 bridgehead atoms. The van der Waals surface area contributed by atoms with Gasteiger partial charge < -0.3 is 4.74 Å². The van der Waals surface area contributed by atoms with Crippen LogP contribution < -0.4 is 37.3 Å². The topological polar surface area (TPSA) is 203 Å². The van der Waals surface area contributed by atoms with Gasteiger partial charge in [-0.1, -0.05) is 231 Å². The van der Waals surface area contributed by atoms with E-state index in [-0.39, 0.29) is 12.8 Å². The van der Waals surface area contributed by atoms with Crippen LogP contribution in [0.25, 0.3) is 0 Å². The van der Waals surface area contributed by atoms with Crippen molar-refractivity contribution in [1.29, 1.82) is 0 Å². The van der Waals surface area contributed by atoms with Crippen molar-refractivity contribution < 1.29 is 33.5 Å². The number of aryl methyl sites for hydroxylation is 1. The van der Waals surface area contributed by atoms with Crippen LogP contribution in [0.1, 0.15) is 79.0 Å². The van der Waals surface area contributed by atoms with Crippen LogP contribution in [0.3, 0.4) is 0 Å².